The van der Waals surface area contributed by atoms with Gasteiger partial charge >= 0.3 is 0 Å². The van der Waals surface area contributed by atoms with Gasteiger partial charge in [0.25, 0.3) is 0 Å². The van der Waals surface area contributed by atoms with E-state index in [1.54, 1.807) is 0 Å². The van der Waals surface area contributed by atoms with Crippen molar-refractivity contribution >= 4 is 0 Å². The molecule has 2 aliphatic heterocycles. The lowest BCUT2D eigenvalue weighted by atomic mass is 9.93. The first-order valence-electron chi connectivity index (χ1n) is 6.22. The Labute approximate surface area is 87.6 Å². The topological polar surface area (TPSA) is 12.5 Å². The Balaban J connectivity index is 1.83. The molecule has 0 amide bonds. The van der Waals surface area contributed by atoms with E-state index in [0.717, 1.165) is 25.2 Å². The maximum absolute atomic E-state index is 5.42. The van der Waals surface area contributed by atoms with E-state index < -0.39 is 0 Å². The molecule has 0 aromatic heterocycles. The quantitative estimate of drug-likeness (QED) is 0.673. The molecule has 0 aliphatic carbocycles. The fourth-order valence-electron chi connectivity index (χ4n) is 2.81. The Hall–Kier alpha value is -0.0800. The summed E-state index contributed by atoms with van der Waals surface area (Å²) in [6.45, 7) is 6.98. The zero-order valence-corrected chi connectivity index (χ0v) is 9.37. The van der Waals surface area contributed by atoms with Crippen molar-refractivity contribution in [3.05, 3.63) is 0 Å². The lowest BCUT2D eigenvalue weighted by Gasteiger charge is -2.39. The molecule has 2 fully saturated rings. The molecule has 0 saturated carbocycles. The van der Waals surface area contributed by atoms with Crippen molar-refractivity contribution < 1.29 is 4.74 Å². The summed E-state index contributed by atoms with van der Waals surface area (Å²) >= 11 is 0. The minimum Gasteiger partial charge on any atom is -0.381 e. The van der Waals surface area contributed by atoms with E-state index in [9.17, 15) is 0 Å². The molecule has 82 valence electrons. The predicted octanol–water partition coefficient (Wildman–Crippen LogP) is 2.29. The van der Waals surface area contributed by atoms with Crippen LogP contribution in [0.15, 0.2) is 0 Å². The Morgan fingerprint density at radius 1 is 1.21 bits per heavy atom. The van der Waals surface area contributed by atoms with E-state index in [1.807, 2.05) is 0 Å². The lowest BCUT2D eigenvalue weighted by Crippen LogP contribution is -2.45. The SMILES string of the molecule is CC[C@@H]1CCCN(C2CCOCC2)C1. The summed E-state index contributed by atoms with van der Waals surface area (Å²) in [5, 5.41) is 0. The van der Waals surface area contributed by atoms with Gasteiger partial charge in [0.05, 0.1) is 0 Å². The first-order chi connectivity index (χ1) is 6.90. The highest BCUT2D eigenvalue weighted by molar-refractivity contribution is 4.80. The second kappa shape index (κ2) is 5.13. The van der Waals surface area contributed by atoms with E-state index in [2.05, 4.69) is 11.8 Å². The van der Waals surface area contributed by atoms with Gasteiger partial charge in [-0.25, -0.2) is 0 Å². The highest BCUT2D eigenvalue weighted by atomic mass is 16.5. The molecule has 1 atom stereocenters. The molecular weight excluding hydrogens is 174 g/mol. The van der Waals surface area contributed by atoms with Crippen molar-refractivity contribution in [3.63, 3.8) is 0 Å². The van der Waals surface area contributed by atoms with Crippen LogP contribution in [0, 0.1) is 5.92 Å². The van der Waals surface area contributed by atoms with Gasteiger partial charge in [0.1, 0.15) is 0 Å². The van der Waals surface area contributed by atoms with Crippen molar-refractivity contribution in [2.24, 2.45) is 5.92 Å². The molecule has 0 aromatic rings. The number of ether oxygens (including phenoxy) is 1. The van der Waals surface area contributed by atoms with Gasteiger partial charge in [-0.1, -0.05) is 13.3 Å². The fourth-order valence-corrected chi connectivity index (χ4v) is 2.81. The van der Waals surface area contributed by atoms with E-state index in [0.29, 0.717) is 0 Å². The van der Waals surface area contributed by atoms with Crippen LogP contribution < -0.4 is 0 Å². The van der Waals surface area contributed by atoms with Crippen LogP contribution in [-0.4, -0.2) is 37.2 Å². The summed E-state index contributed by atoms with van der Waals surface area (Å²) in [6, 6.07) is 0.832. The summed E-state index contributed by atoms with van der Waals surface area (Å²) in [5.74, 6) is 0.964. The van der Waals surface area contributed by atoms with Gasteiger partial charge in [-0.05, 0) is 38.1 Å². The minimum absolute atomic E-state index is 0.832. The highest BCUT2D eigenvalue weighted by Gasteiger charge is 2.26. The summed E-state index contributed by atoms with van der Waals surface area (Å²) in [5.41, 5.74) is 0. The van der Waals surface area contributed by atoms with Gasteiger partial charge in [0.2, 0.25) is 0 Å². The molecule has 2 nitrogen and oxygen atoms in total. The summed E-state index contributed by atoms with van der Waals surface area (Å²) in [4.78, 5) is 2.72. The number of piperidine rings is 1. The monoisotopic (exact) mass is 197 g/mol. The van der Waals surface area contributed by atoms with Gasteiger partial charge in [0.15, 0.2) is 0 Å². The highest BCUT2D eigenvalue weighted by Crippen LogP contribution is 2.24. The summed E-state index contributed by atoms with van der Waals surface area (Å²) in [7, 11) is 0. The average molecular weight is 197 g/mol. The van der Waals surface area contributed by atoms with Crippen LogP contribution in [-0.2, 0) is 4.74 Å². The lowest BCUT2D eigenvalue weighted by molar-refractivity contribution is 0.0174. The Morgan fingerprint density at radius 3 is 2.71 bits per heavy atom. The average Bonchev–Trinajstić information content (AvgIpc) is 2.30. The van der Waals surface area contributed by atoms with Crippen molar-refractivity contribution in [1.29, 1.82) is 0 Å². The van der Waals surface area contributed by atoms with E-state index in [1.165, 1.54) is 45.2 Å². The maximum atomic E-state index is 5.42. The van der Waals surface area contributed by atoms with Crippen LogP contribution in [0.3, 0.4) is 0 Å². The third-order valence-electron chi connectivity index (χ3n) is 3.83. The van der Waals surface area contributed by atoms with Crippen LogP contribution in [0.2, 0.25) is 0 Å². The van der Waals surface area contributed by atoms with Crippen LogP contribution in [0.25, 0.3) is 0 Å². The van der Waals surface area contributed by atoms with Gasteiger partial charge in [-0.2, -0.15) is 0 Å². The number of likely N-dealkylation sites (tertiary alicyclic amines) is 1. The van der Waals surface area contributed by atoms with Crippen LogP contribution in [0.4, 0.5) is 0 Å². The predicted molar refractivity (Wildman–Crippen MR) is 58.4 cm³/mol. The van der Waals surface area contributed by atoms with E-state index in [4.69, 9.17) is 4.74 Å². The van der Waals surface area contributed by atoms with Crippen molar-refractivity contribution in [3.8, 4) is 0 Å². The molecule has 2 saturated heterocycles. The first kappa shape index (κ1) is 10.4. The standard InChI is InChI=1S/C12H23NO/c1-2-11-4-3-7-13(10-11)12-5-8-14-9-6-12/h11-12H,2-10H2,1H3/t11-/m1/s1. The maximum Gasteiger partial charge on any atom is 0.0480 e. The number of hydrogen-bond acceptors (Lipinski definition) is 2. The summed E-state index contributed by atoms with van der Waals surface area (Å²) in [6.07, 6.45) is 6.75. The largest absolute Gasteiger partial charge is 0.381 e. The molecule has 0 N–H and O–H groups in total. The van der Waals surface area contributed by atoms with Crippen LogP contribution >= 0.6 is 0 Å². The second-order valence-electron chi connectivity index (χ2n) is 4.75. The van der Waals surface area contributed by atoms with E-state index in [-0.39, 0.29) is 0 Å². The Morgan fingerprint density at radius 2 is 2.00 bits per heavy atom. The van der Waals surface area contributed by atoms with Crippen molar-refractivity contribution in [2.45, 2.75) is 45.1 Å². The molecule has 0 bridgehead atoms. The van der Waals surface area contributed by atoms with Gasteiger partial charge in [-0.15, -0.1) is 0 Å². The minimum atomic E-state index is 0.832. The molecule has 0 aromatic carbocycles. The molecular formula is C12H23NO. The number of nitrogens with zero attached hydrogens (tertiary/aromatic N) is 1. The fraction of sp³-hybridized carbons (Fsp3) is 1.00. The smallest absolute Gasteiger partial charge is 0.0480 e. The summed E-state index contributed by atoms with van der Waals surface area (Å²) < 4.78 is 5.42. The Kier molecular flexibility index (Phi) is 3.82. The van der Waals surface area contributed by atoms with Gasteiger partial charge in [-0.3, -0.25) is 4.90 Å². The zero-order chi connectivity index (χ0) is 9.80. The van der Waals surface area contributed by atoms with Crippen molar-refractivity contribution in [1.82, 2.24) is 4.90 Å². The van der Waals surface area contributed by atoms with Gasteiger partial charge in [0, 0.05) is 25.8 Å². The van der Waals surface area contributed by atoms with Crippen molar-refractivity contribution in [2.75, 3.05) is 26.3 Å². The Bertz CT molecular complexity index is 166. The second-order valence-corrected chi connectivity index (χ2v) is 4.75. The molecule has 0 unspecified atom stereocenters. The van der Waals surface area contributed by atoms with Crippen LogP contribution in [0.5, 0.6) is 0 Å². The third kappa shape index (κ3) is 2.48. The molecule has 2 rings (SSSR count). The zero-order valence-electron chi connectivity index (χ0n) is 9.37. The third-order valence-corrected chi connectivity index (χ3v) is 3.83. The molecule has 2 aliphatic rings. The normalized spacial score (nSPS) is 31.9. The molecule has 14 heavy (non-hydrogen) atoms. The molecule has 2 heteroatoms. The first-order valence-corrected chi connectivity index (χ1v) is 6.22. The van der Waals surface area contributed by atoms with Crippen LogP contribution in [0.1, 0.15) is 39.0 Å². The van der Waals surface area contributed by atoms with E-state index >= 15 is 0 Å². The molecule has 0 radical (unpaired) electrons. The van der Waals surface area contributed by atoms with Gasteiger partial charge < -0.3 is 4.74 Å². The number of rotatable bonds is 2. The molecule has 2 heterocycles. The molecule has 0 spiro atoms. The number of hydrogen-bond donors (Lipinski definition) is 0.